The molecule has 202 valence electrons. The van der Waals surface area contributed by atoms with Gasteiger partial charge in [0.1, 0.15) is 29.2 Å². The standard InChI is InChI=1S/C23H28N2O11S/c1-22(2,3)36-20(29)24-14(9-12-5-7-13(8-6-12)35-21(30)31)18(27)25-23(10-26)11-37(32,33)17-15(16(17)23)19(28)34-4/h5-8,10,14-17H,9,11H2,1-4H3,(H,24,29)(H,25,27)(H,30,31)/t14-,15+,16+,17-,23-/m0/s1. The van der Waals surface area contributed by atoms with Gasteiger partial charge in [-0.15, -0.1) is 0 Å². The molecule has 2 amide bonds. The third-order valence-corrected chi connectivity index (χ3v) is 8.31. The number of carboxylic acid groups (broad SMARTS) is 1. The first kappa shape index (κ1) is 27.9. The molecule has 1 heterocycles. The molecule has 1 aromatic rings. The molecule has 2 fully saturated rings. The Morgan fingerprint density at radius 3 is 2.32 bits per heavy atom. The smallest absolute Gasteiger partial charge is 0.469 e. The van der Waals surface area contributed by atoms with Crippen LogP contribution in [-0.4, -0.2) is 79.2 Å². The number of hydrogen-bond acceptors (Lipinski definition) is 10. The number of ether oxygens (including phenoxy) is 3. The van der Waals surface area contributed by atoms with Crippen molar-refractivity contribution in [1.82, 2.24) is 10.6 Å². The van der Waals surface area contributed by atoms with Gasteiger partial charge in [-0.1, -0.05) is 12.1 Å². The van der Waals surface area contributed by atoms with Gasteiger partial charge in [0.25, 0.3) is 0 Å². The van der Waals surface area contributed by atoms with Gasteiger partial charge in [-0.3, -0.25) is 9.59 Å². The molecule has 13 nitrogen and oxygen atoms in total. The number of fused-ring (bicyclic) bond motifs is 1. The molecule has 1 saturated carbocycles. The van der Waals surface area contributed by atoms with Crippen LogP contribution in [0.5, 0.6) is 5.75 Å². The summed E-state index contributed by atoms with van der Waals surface area (Å²) in [6.45, 7) is 4.86. The van der Waals surface area contributed by atoms with E-state index in [-0.39, 0.29) is 12.2 Å². The fraction of sp³-hybridized carbons (Fsp3) is 0.522. The molecule has 2 aliphatic rings. The van der Waals surface area contributed by atoms with Crippen LogP contribution in [0.25, 0.3) is 0 Å². The highest BCUT2D eigenvalue weighted by atomic mass is 32.2. The fourth-order valence-corrected chi connectivity index (χ4v) is 7.24. The van der Waals surface area contributed by atoms with Crippen molar-refractivity contribution in [3.63, 3.8) is 0 Å². The van der Waals surface area contributed by atoms with Gasteiger partial charge >= 0.3 is 18.2 Å². The van der Waals surface area contributed by atoms with E-state index in [0.717, 1.165) is 7.11 Å². The molecular formula is C23H28N2O11S. The number of aldehydes is 1. The molecule has 1 saturated heterocycles. The molecule has 0 unspecified atom stereocenters. The molecule has 1 aromatic carbocycles. The zero-order valence-corrected chi connectivity index (χ0v) is 21.4. The molecular weight excluding hydrogens is 512 g/mol. The number of esters is 1. The van der Waals surface area contributed by atoms with E-state index in [9.17, 15) is 32.4 Å². The van der Waals surface area contributed by atoms with Crippen LogP contribution in [0, 0.1) is 11.8 Å². The molecule has 0 bridgehead atoms. The van der Waals surface area contributed by atoms with Crippen LogP contribution in [0.4, 0.5) is 9.59 Å². The van der Waals surface area contributed by atoms with Gasteiger partial charge in [-0.05, 0) is 38.5 Å². The number of methoxy groups -OCH3 is 1. The molecule has 0 spiro atoms. The van der Waals surface area contributed by atoms with Gasteiger partial charge in [-0.25, -0.2) is 18.0 Å². The van der Waals surface area contributed by atoms with Gasteiger partial charge in [-0.2, -0.15) is 0 Å². The predicted octanol–water partition coefficient (Wildman–Crippen LogP) is 0.449. The number of hydrogen-bond donors (Lipinski definition) is 3. The lowest BCUT2D eigenvalue weighted by atomic mass is 9.94. The van der Waals surface area contributed by atoms with E-state index in [4.69, 9.17) is 9.84 Å². The number of nitrogens with one attached hydrogen (secondary N) is 2. The number of rotatable bonds is 8. The Kier molecular flexibility index (Phi) is 7.54. The minimum absolute atomic E-state index is 0.0297. The van der Waals surface area contributed by atoms with Crippen molar-refractivity contribution in [3.05, 3.63) is 29.8 Å². The van der Waals surface area contributed by atoms with Crippen molar-refractivity contribution in [1.29, 1.82) is 0 Å². The molecule has 3 N–H and O–H groups in total. The number of carbonyl (C=O) groups is 5. The maximum absolute atomic E-state index is 13.3. The summed E-state index contributed by atoms with van der Waals surface area (Å²) in [6.07, 6.45) is -2.27. The van der Waals surface area contributed by atoms with E-state index in [1.165, 1.54) is 24.3 Å². The highest BCUT2D eigenvalue weighted by molar-refractivity contribution is 7.92. The number of amides is 2. The molecule has 1 aliphatic carbocycles. The summed E-state index contributed by atoms with van der Waals surface area (Å²) in [7, 11) is -2.79. The highest BCUT2D eigenvalue weighted by Gasteiger charge is 2.77. The maximum Gasteiger partial charge on any atom is 0.511 e. The highest BCUT2D eigenvalue weighted by Crippen LogP contribution is 2.57. The van der Waals surface area contributed by atoms with Crippen molar-refractivity contribution in [2.24, 2.45) is 11.8 Å². The second-order valence-electron chi connectivity index (χ2n) is 9.91. The number of sulfone groups is 1. The Bertz CT molecular complexity index is 1210. The summed E-state index contributed by atoms with van der Waals surface area (Å²) >= 11 is 0. The molecule has 3 rings (SSSR count). The van der Waals surface area contributed by atoms with E-state index < -0.39 is 74.0 Å². The van der Waals surface area contributed by atoms with Crippen molar-refractivity contribution in [2.45, 2.75) is 49.6 Å². The molecule has 0 radical (unpaired) electrons. The van der Waals surface area contributed by atoms with Gasteiger partial charge in [0.15, 0.2) is 9.84 Å². The molecule has 1 aliphatic heterocycles. The maximum atomic E-state index is 13.3. The molecule has 0 aromatic heterocycles. The van der Waals surface area contributed by atoms with Crippen LogP contribution in [0.15, 0.2) is 24.3 Å². The van der Waals surface area contributed by atoms with Crippen LogP contribution in [0.3, 0.4) is 0 Å². The third-order valence-electron chi connectivity index (χ3n) is 6.02. The largest absolute Gasteiger partial charge is 0.511 e. The second-order valence-corrected chi connectivity index (χ2v) is 12.1. The lowest BCUT2D eigenvalue weighted by Gasteiger charge is -2.29. The first-order chi connectivity index (χ1) is 17.1. The quantitative estimate of drug-likeness (QED) is 0.236. The van der Waals surface area contributed by atoms with Crippen molar-refractivity contribution < 1.29 is 51.7 Å². The van der Waals surface area contributed by atoms with E-state index in [1.54, 1.807) is 20.8 Å². The first-order valence-corrected chi connectivity index (χ1v) is 12.9. The monoisotopic (exact) mass is 540 g/mol. The lowest BCUT2D eigenvalue weighted by molar-refractivity contribution is -0.143. The normalized spacial score (nSPS) is 26.1. The van der Waals surface area contributed by atoms with Gasteiger partial charge in [0, 0.05) is 12.3 Å². The SMILES string of the molecule is COC(=O)[C@@H]1[C@@H]2[C@H]1S(=O)(=O)C[C@]2(C=O)NC(=O)[C@H](Cc1ccc(OC(=O)O)cc1)NC(=O)OC(C)(C)C. The van der Waals surface area contributed by atoms with Crippen LogP contribution in [-0.2, 0) is 40.1 Å². The number of alkyl carbamates (subject to hydrolysis) is 1. The van der Waals surface area contributed by atoms with Crippen molar-refractivity contribution in [2.75, 3.05) is 12.9 Å². The van der Waals surface area contributed by atoms with Gasteiger partial charge in [0.2, 0.25) is 5.91 Å². The van der Waals surface area contributed by atoms with E-state index in [0.29, 0.717) is 11.8 Å². The Hall–Kier alpha value is -3.68. The lowest BCUT2D eigenvalue weighted by Crippen LogP contribution is -2.60. The predicted molar refractivity (Wildman–Crippen MR) is 125 cm³/mol. The fourth-order valence-electron chi connectivity index (χ4n) is 4.55. The summed E-state index contributed by atoms with van der Waals surface area (Å²) in [5.74, 6) is -4.43. The Labute approximate surface area is 212 Å². The average molecular weight is 541 g/mol. The second kappa shape index (κ2) is 10.00. The average Bonchev–Trinajstić information content (AvgIpc) is 3.50. The zero-order chi connectivity index (χ0) is 27.8. The summed E-state index contributed by atoms with van der Waals surface area (Å²) < 4.78 is 39.7. The third kappa shape index (κ3) is 6.18. The topological polar surface area (TPSA) is 191 Å². The zero-order valence-electron chi connectivity index (χ0n) is 20.5. The van der Waals surface area contributed by atoms with Crippen molar-refractivity contribution >= 4 is 40.2 Å². The van der Waals surface area contributed by atoms with E-state index in [2.05, 4.69) is 20.1 Å². The Morgan fingerprint density at radius 1 is 1.19 bits per heavy atom. The van der Waals surface area contributed by atoms with Crippen LogP contribution in [0.1, 0.15) is 26.3 Å². The molecule has 5 atom stereocenters. The van der Waals surface area contributed by atoms with Gasteiger partial charge < -0.3 is 34.7 Å². The number of carbonyl (C=O) groups excluding carboxylic acids is 4. The summed E-state index contributed by atoms with van der Waals surface area (Å²) in [5, 5.41) is 12.5. The Balaban J connectivity index is 1.85. The minimum atomic E-state index is -3.89. The van der Waals surface area contributed by atoms with Crippen LogP contribution >= 0.6 is 0 Å². The number of benzene rings is 1. The van der Waals surface area contributed by atoms with Crippen LogP contribution < -0.4 is 15.4 Å². The van der Waals surface area contributed by atoms with E-state index in [1.807, 2.05) is 0 Å². The van der Waals surface area contributed by atoms with E-state index >= 15 is 0 Å². The van der Waals surface area contributed by atoms with Gasteiger partial charge in [0.05, 0.1) is 24.0 Å². The molecule has 14 heteroatoms. The summed E-state index contributed by atoms with van der Waals surface area (Å²) in [5.41, 5.74) is -2.30. The Morgan fingerprint density at radius 2 is 1.81 bits per heavy atom. The minimum Gasteiger partial charge on any atom is -0.469 e. The van der Waals surface area contributed by atoms with Crippen LogP contribution in [0.2, 0.25) is 0 Å². The summed E-state index contributed by atoms with van der Waals surface area (Å²) in [4.78, 5) is 60.7. The van der Waals surface area contributed by atoms with Crippen molar-refractivity contribution in [3.8, 4) is 5.75 Å². The summed E-state index contributed by atoms with van der Waals surface area (Å²) in [6, 6.07) is 4.30. The molecule has 37 heavy (non-hydrogen) atoms. The first-order valence-electron chi connectivity index (χ1n) is 11.2.